The van der Waals surface area contributed by atoms with Crippen molar-refractivity contribution in [1.29, 1.82) is 0 Å². The normalized spacial score (nSPS) is 12.3. The first-order valence-corrected chi connectivity index (χ1v) is 6.95. The molecule has 0 aliphatic heterocycles. The summed E-state index contributed by atoms with van der Waals surface area (Å²) in [6.45, 7) is 0.507. The largest absolute Gasteiger partial charge is 0.492 e. The Hall–Kier alpha value is -1.07. The standard InChI is InChI=1S/C13H15ClN2OS/c14-11-2-1-3-13(7-11)17-8-12(16-15)6-10-4-5-18-9-10/h1-5,7,9,12,16H,6,8,15H2. The molecule has 3 nitrogen and oxygen atoms in total. The molecule has 0 amide bonds. The van der Waals surface area contributed by atoms with E-state index in [-0.39, 0.29) is 6.04 Å². The van der Waals surface area contributed by atoms with Crippen LogP contribution < -0.4 is 16.0 Å². The first-order chi connectivity index (χ1) is 8.78. The lowest BCUT2D eigenvalue weighted by Crippen LogP contribution is -2.41. The number of nitrogens with two attached hydrogens (primary N) is 1. The van der Waals surface area contributed by atoms with Crippen LogP contribution in [-0.2, 0) is 6.42 Å². The van der Waals surface area contributed by atoms with E-state index in [0.29, 0.717) is 11.6 Å². The topological polar surface area (TPSA) is 47.3 Å². The van der Waals surface area contributed by atoms with Crippen LogP contribution in [0.25, 0.3) is 0 Å². The number of hydrogen-bond acceptors (Lipinski definition) is 4. The molecule has 0 saturated carbocycles. The van der Waals surface area contributed by atoms with Crippen LogP contribution in [0.2, 0.25) is 5.02 Å². The Bertz CT molecular complexity index is 476. The van der Waals surface area contributed by atoms with Gasteiger partial charge in [0.25, 0.3) is 0 Å². The summed E-state index contributed by atoms with van der Waals surface area (Å²) in [7, 11) is 0. The third-order valence-electron chi connectivity index (χ3n) is 2.55. The summed E-state index contributed by atoms with van der Waals surface area (Å²) in [5, 5.41) is 4.84. The predicted octanol–water partition coefficient (Wildman–Crippen LogP) is 2.85. The average molecular weight is 283 g/mol. The molecule has 2 aromatic rings. The monoisotopic (exact) mass is 282 g/mol. The van der Waals surface area contributed by atoms with E-state index in [2.05, 4.69) is 22.3 Å². The summed E-state index contributed by atoms with van der Waals surface area (Å²) in [5.74, 6) is 6.29. The average Bonchev–Trinajstić information content (AvgIpc) is 2.87. The van der Waals surface area contributed by atoms with Gasteiger partial charge in [0, 0.05) is 5.02 Å². The highest BCUT2D eigenvalue weighted by Gasteiger charge is 2.09. The van der Waals surface area contributed by atoms with Gasteiger partial charge in [-0.15, -0.1) is 0 Å². The van der Waals surface area contributed by atoms with Gasteiger partial charge in [-0.1, -0.05) is 17.7 Å². The Balaban J connectivity index is 1.87. The van der Waals surface area contributed by atoms with E-state index < -0.39 is 0 Å². The van der Waals surface area contributed by atoms with Gasteiger partial charge in [0.05, 0.1) is 6.04 Å². The van der Waals surface area contributed by atoms with Crippen LogP contribution >= 0.6 is 22.9 Å². The molecule has 0 spiro atoms. The number of thiophene rings is 1. The van der Waals surface area contributed by atoms with Gasteiger partial charge in [-0.2, -0.15) is 11.3 Å². The lowest BCUT2D eigenvalue weighted by molar-refractivity contribution is 0.264. The molecule has 0 aliphatic rings. The zero-order valence-electron chi connectivity index (χ0n) is 9.80. The quantitative estimate of drug-likeness (QED) is 0.633. The summed E-state index contributed by atoms with van der Waals surface area (Å²) in [4.78, 5) is 0. The fourth-order valence-corrected chi connectivity index (χ4v) is 2.47. The van der Waals surface area contributed by atoms with E-state index in [9.17, 15) is 0 Å². The van der Waals surface area contributed by atoms with Gasteiger partial charge in [-0.3, -0.25) is 11.3 Å². The second-order valence-corrected chi connectivity index (χ2v) is 5.18. The van der Waals surface area contributed by atoms with Crippen molar-refractivity contribution in [3.05, 3.63) is 51.7 Å². The third-order valence-corrected chi connectivity index (χ3v) is 3.51. The number of benzene rings is 1. The van der Waals surface area contributed by atoms with Crippen molar-refractivity contribution in [2.24, 2.45) is 5.84 Å². The maximum atomic E-state index is 5.89. The molecule has 0 fully saturated rings. The molecule has 0 bridgehead atoms. The Morgan fingerprint density at radius 1 is 1.39 bits per heavy atom. The van der Waals surface area contributed by atoms with Gasteiger partial charge in [-0.25, -0.2) is 0 Å². The number of halogens is 1. The lowest BCUT2D eigenvalue weighted by atomic mass is 10.1. The van der Waals surface area contributed by atoms with Crippen LogP contribution in [0.15, 0.2) is 41.1 Å². The van der Waals surface area contributed by atoms with Crippen molar-refractivity contribution in [2.75, 3.05) is 6.61 Å². The minimum atomic E-state index is 0.0820. The molecule has 3 N–H and O–H groups in total. The Morgan fingerprint density at radius 2 is 2.28 bits per heavy atom. The number of nitrogens with one attached hydrogen (secondary N) is 1. The SMILES string of the molecule is NNC(COc1cccc(Cl)c1)Cc1ccsc1. The highest BCUT2D eigenvalue weighted by atomic mass is 35.5. The van der Waals surface area contributed by atoms with E-state index in [4.69, 9.17) is 22.2 Å². The van der Waals surface area contributed by atoms with Gasteiger partial charge in [0.15, 0.2) is 0 Å². The maximum absolute atomic E-state index is 5.89. The van der Waals surface area contributed by atoms with Crippen LogP contribution in [0.3, 0.4) is 0 Å². The van der Waals surface area contributed by atoms with Crippen LogP contribution in [0.4, 0.5) is 0 Å². The summed E-state index contributed by atoms with van der Waals surface area (Å²) in [6.07, 6.45) is 0.848. The van der Waals surface area contributed by atoms with E-state index in [0.717, 1.165) is 12.2 Å². The Labute approximate surface area is 116 Å². The highest BCUT2D eigenvalue weighted by Crippen LogP contribution is 2.17. The predicted molar refractivity (Wildman–Crippen MR) is 76.1 cm³/mol. The molecular formula is C13H15ClN2OS. The fourth-order valence-electron chi connectivity index (χ4n) is 1.61. The van der Waals surface area contributed by atoms with Gasteiger partial charge in [0.2, 0.25) is 0 Å². The van der Waals surface area contributed by atoms with Crippen LogP contribution in [0.5, 0.6) is 5.75 Å². The van der Waals surface area contributed by atoms with Crippen LogP contribution in [-0.4, -0.2) is 12.6 Å². The molecule has 5 heteroatoms. The summed E-state index contributed by atoms with van der Waals surface area (Å²) in [5.41, 5.74) is 4.03. The first-order valence-electron chi connectivity index (χ1n) is 5.63. The molecule has 0 saturated heterocycles. The lowest BCUT2D eigenvalue weighted by Gasteiger charge is -2.16. The minimum absolute atomic E-state index is 0.0820. The van der Waals surface area contributed by atoms with Gasteiger partial charge in [-0.05, 0) is 47.0 Å². The number of hydrogen-bond donors (Lipinski definition) is 2. The van der Waals surface area contributed by atoms with E-state index in [1.165, 1.54) is 5.56 Å². The molecule has 1 unspecified atom stereocenters. The molecule has 0 radical (unpaired) electrons. The highest BCUT2D eigenvalue weighted by molar-refractivity contribution is 7.07. The zero-order chi connectivity index (χ0) is 12.8. The summed E-state index contributed by atoms with van der Waals surface area (Å²) < 4.78 is 5.67. The molecule has 2 rings (SSSR count). The molecular weight excluding hydrogens is 268 g/mol. The van der Waals surface area contributed by atoms with Crippen molar-refractivity contribution in [2.45, 2.75) is 12.5 Å². The van der Waals surface area contributed by atoms with Gasteiger partial charge < -0.3 is 4.74 Å². The fraction of sp³-hybridized carbons (Fsp3) is 0.231. The Kier molecular flexibility index (Phi) is 5.01. The zero-order valence-corrected chi connectivity index (χ0v) is 11.4. The van der Waals surface area contributed by atoms with Crippen molar-refractivity contribution in [3.8, 4) is 5.75 Å². The molecule has 1 aromatic carbocycles. The number of rotatable bonds is 6. The third kappa shape index (κ3) is 3.99. The molecule has 1 atom stereocenters. The van der Waals surface area contributed by atoms with Crippen LogP contribution in [0, 0.1) is 0 Å². The van der Waals surface area contributed by atoms with Gasteiger partial charge in [0.1, 0.15) is 12.4 Å². The molecule has 18 heavy (non-hydrogen) atoms. The van der Waals surface area contributed by atoms with Crippen molar-refractivity contribution < 1.29 is 4.74 Å². The molecule has 96 valence electrons. The summed E-state index contributed by atoms with van der Waals surface area (Å²) >= 11 is 7.57. The smallest absolute Gasteiger partial charge is 0.120 e. The number of ether oxygens (including phenoxy) is 1. The van der Waals surface area contributed by atoms with E-state index >= 15 is 0 Å². The Morgan fingerprint density at radius 3 is 2.94 bits per heavy atom. The van der Waals surface area contributed by atoms with Gasteiger partial charge >= 0.3 is 0 Å². The minimum Gasteiger partial charge on any atom is -0.492 e. The second-order valence-electron chi connectivity index (χ2n) is 3.97. The molecule has 0 aliphatic carbocycles. The first kappa shape index (κ1) is 13.4. The molecule has 1 aromatic heterocycles. The summed E-state index contributed by atoms with van der Waals surface area (Å²) in [6, 6.07) is 9.52. The second kappa shape index (κ2) is 6.75. The van der Waals surface area contributed by atoms with E-state index in [1.54, 1.807) is 17.4 Å². The van der Waals surface area contributed by atoms with Crippen molar-refractivity contribution in [1.82, 2.24) is 5.43 Å². The van der Waals surface area contributed by atoms with E-state index in [1.807, 2.05) is 18.2 Å². The van der Waals surface area contributed by atoms with Crippen LogP contribution in [0.1, 0.15) is 5.56 Å². The van der Waals surface area contributed by atoms with Crippen molar-refractivity contribution in [3.63, 3.8) is 0 Å². The molecule has 1 heterocycles. The van der Waals surface area contributed by atoms with Crippen molar-refractivity contribution >= 4 is 22.9 Å². The number of hydrazine groups is 1. The maximum Gasteiger partial charge on any atom is 0.120 e.